The Morgan fingerprint density at radius 1 is 1.44 bits per heavy atom. The molecule has 2 aromatic rings. The highest BCUT2D eigenvalue weighted by Crippen LogP contribution is 2.28. The summed E-state index contributed by atoms with van der Waals surface area (Å²) in [6, 6.07) is 6.52. The van der Waals surface area contributed by atoms with Gasteiger partial charge in [-0.3, -0.25) is 0 Å². The van der Waals surface area contributed by atoms with Crippen molar-refractivity contribution in [3.8, 4) is 11.3 Å². The minimum absolute atomic E-state index is 0.310. The SMILES string of the molecule is C=CCn1c(CC)nc(-c2ccccc2F)c1N. The van der Waals surface area contributed by atoms with Crippen LogP contribution in [-0.4, -0.2) is 9.55 Å². The maximum absolute atomic E-state index is 13.8. The Labute approximate surface area is 106 Å². The highest BCUT2D eigenvalue weighted by Gasteiger charge is 2.16. The molecule has 0 atom stereocenters. The number of nitrogens with two attached hydrogens (primary N) is 1. The van der Waals surface area contributed by atoms with E-state index in [1.165, 1.54) is 6.07 Å². The van der Waals surface area contributed by atoms with Gasteiger partial charge < -0.3 is 10.3 Å². The fourth-order valence-corrected chi connectivity index (χ4v) is 1.97. The lowest BCUT2D eigenvalue weighted by Crippen LogP contribution is -2.05. The van der Waals surface area contributed by atoms with Gasteiger partial charge >= 0.3 is 0 Å². The van der Waals surface area contributed by atoms with Crippen LogP contribution in [0.5, 0.6) is 0 Å². The molecule has 2 rings (SSSR count). The van der Waals surface area contributed by atoms with Crippen molar-refractivity contribution in [3.63, 3.8) is 0 Å². The molecule has 0 fully saturated rings. The summed E-state index contributed by atoms with van der Waals surface area (Å²) in [6.07, 6.45) is 2.49. The summed E-state index contributed by atoms with van der Waals surface area (Å²) >= 11 is 0. The van der Waals surface area contributed by atoms with Crippen LogP contribution in [0.1, 0.15) is 12.7 Å². The molecule has 4 heteroatoms. The molecule has 1 aromatic carbocycles. The van der Waals surface area contributed by atoms with E-state index in [4.69, 9.17) is 5.73 Å². The monoisotopic (exact) mass is 245 g/mol. The van der Waals surface area contributed by atoms with Crippen molar-refractivity contribution < 1.29 is 4.39 Å². The van der Waals surface area contributed by atoms with Crippen molar-refractivity contribution in [2.45, 2.75) is 19.9 Å². The van der Waals surface area contributed by atoms with Crippen LogP contribution in [0.25, 0.3) is 11.3 Å². The first-order valence-electron chi connectivity index (χ1n) is 5.89. The number of aromatic nitrogens is 2. The highest BCUT2D eigenvalue weighted by molar-refractivity contribution is 5.71. The third-order valence-electron chi connectivity index (χ3n) is 2.84. The van der Waals surface area contributed by atoms with Gasteiger partial charge in [-0.1, -0.05) is 25.1 Å². The minimum Gasteiger partial charge on any atom is -0.383 e. The fourth-order valence-electron chi connectivity index (χ4n) is 1.97. The Morgan fingerprint density at radius 3 is 2.78 bits per heavy atom. The van der Waals surface area contributed by atoms with Gasteiger partial charge in [-0.15, -0.1) is 6.58 Å². The van der Waals surface area contributed by atoms with Gasteiger partial charge in [-0.25, -0.2) is 9.37 Å². The molecule has 0 bridgehead atoms. The summed E-state index contributed by atoms with van der Waals surface area (Å²) in [5, 5.41) is 0. The zero-order valence-electron chi connectivity index (χ0n) is 10.4. The topological polar surface area (TPSA) is 43.8 Å². The third kappa shape index (κ3) is 2.01. The molecular weight excluding hydrogens is 229 g/mol. The summed E-state index contributed by atoms with van der Waals surface area (Å²) in [5.74, 6) is 1.01. The van der Waals surface area contributed by atoms with Gasteiger partial charge in [0.2, 0.25) is 0 Å². The Hall–Kier alpha value is -2.10. The number of anilines is 1. The molecule has 2 N–H and O–H groups in total. The van der Waals surface area contributed by atoms with E-state index in [0.717, 1.165) is 12.2 Å². The lowest BCUT2D eigenvalue weighted by Gasteiger charge is -2.05. The summed E-state index contributed by atoms with van der Waals surface area (Å²) < 4.78 is 15.6. The molecule has 94 valence electrons. The minimum atomic E-state index is -0.310. The Morgan fingerprint density at radius 2 is 2.17 bits per heavy atom. The van der Waals surface area contributed by atoms with E-state index in [-0.39, 0.29) is 5.82 Å². The number of aryl methyl sites for hydroxylation is 1. The van der Waals surface area contributed by atoms with E-state index in [1.807, 2.05) is 11.5 Å². The third-order valence-corrected chi connectivity index (χ3v) is 2.84. The second-order valence-corrected chi connectivity index (χ2v) is 3.99. The molecule has 0 radical (unpaired) electrons. The number of hydrogen-bond acceptors (Lipinski definition) is 2. The number of rotatable bonds is 4. The number of nitrogens with zero attached hydrogens (tertiary/aromatic N) is 2. The second-order valence-electron chi connectivity index (χ2n) is 3.99. The molecule has 0 saturated carbocycles. The van der Waals surface area contributed by atoms with Crippen molar-refractivity contribution in [3.05, 3.63) is 48.6 Å². The molecule has 0 saturated heterocycles. The van der Waals surface area contributed by atoms with Gasteiger partial charge in [-0.2, -0.15) is 0 Å². The van der Waals surface area contributed by atoms with Gasteiger partial charge in [0.05, 0.1) is 0 Å². The maximum atomic E-state index is 13.8. The molecule has 0 aliphatic carbocycles. The first kappa shape index (κ1) is 12.4. The normalized spacial score (nSPS) is 10.6. The van der Waals surface area contributed by atoms with E-state index in [0.29, 0.717) is 23.6 Å². The number of nitrogen functional groups attached to an aromatic ring is 1. The van der Waals surface area contributed by atoms with Crippen molar-refractivity contribution in [1.29, 1.82) is 0 Å². The molecule has 1 aromatic heterocycles. The van der Waals surface area contributed by atoms with E-state index < -0.39 is 0 Å². The smallest absolute Gasteiger partial charge is 0.132 e. The van der Waals surface area contributed by atoms with Crippen molar-refractivity contribution in [2.75, 3.05) is 5.73 Å². The Balaban J connectivity index is 2.59. The van der Waals surface area contributed by atoms with Crippen LogP contribution < -0.4 is 5.73 Å². The van der Waals surface area contributed by atoms with E-state index >= 15 is 0 Å². The predicted octanol–water partition coefficient (Wildman–Crippen LogP) is 3.02. The fraction of sp³-hybridized carbons (Fsp3) is 0.214. The summed E-state index contributed by atoms with van der Waals surface area (Å²) in [6.45, 7) is 6.27. The molecule has 0 aliphatic rings. The Kier molecular flexibility index (Phi) is 3.46. The number of imidazole rings is 1. The maximum Gasteiger partial charge on any atom is 0.132 e. The lowest BCUT2D eigenvalue weighted by atomic mass is 10.1. The molecule has 0 aliphatic heterocycles. The van der Waals surface area contributed by atoms with Crippen molar-refractivity contribution in [1.82, 2.24) is 9.55 Å². The number of benzene rings is 1. The Bertz CT molecular complexity index is 572. The quantitative estimate of drug-likeness (QED) is 0.841. The van der Waals surface area contributed by atoms with E-state index in [9.17, 15) is 4.39 Å². The van der Waals surface area contributed by atoms with Gasteiger partial charge in [-0.05, 0) is 12.1 Å². The van der Waals surface area contributed by atoms with Gasteiger partial charge in [0.25, 0.3) is 0 Å². The lowest BCUT2D eigenvalue weighted by molar-refractivity contribution is 0.631. The number of halogens is 1. The van der Waals surface area contributed by atoms with Crippen LogP contribution >= 0.6 is 0 Å². The zero-order chi connectivity index (χ0) is 13.1. The van der Waals surface area contributed by atoms with E-state index in [2.05, 4.69) is 11.6 Å². The van der Waals surface area contributed by atoms with Crippen LogP contribution in [0, 0.1) is 5.82 Å². The van der Waals surface area contributed by atoms with E-state index in [1.54, 1.807) is 24.3 Å². The summed E-state index contributed by atoms with van der Waals surface area (Å²) in [7, 11) is 0. The molecular formula is C14H16FN3. The molecule has 0 spiro atoms. The zero-order valence-corrected chi connectivity index (χ0v) is 10.4. The van der Waals surface area contributed by atoms with Crippen molar-refractivity contribution in [2.24, 2.45) is 0 Å². The molecule has 0 unspecified atom stereocenters. The molecule has 18 heavy (non-hydrogen) atoms. The van der Waals surface area contributed by atoms with Gasteiger partial charge in [0.1, 0.15) is 23.2 Å². The van der Waals surface area contributed by atoms with Crippen LogP contribution in [0.15, 0.2) is 36.9 Å². The van der Waals surface area contributed by atoms with Crippen LogP contribution in [0.2, 0.25) is 0 Å². The number of hydrogen-bond donors (Lipinski definition) is 1. The molecule has 0 amide bonds. The van der Waals surface area contributed by atoms with Gasteiger partial charge in [0.15, 0.2) is 0 Å². The van der Waals surface area contributed by atoms with Crippen molar-refractivity contribution >= 4 is 5.82 Å². The first-order chi connectivity index (χ1) is 8.69. The predicted molar refractivity (Wildman–Crippen MR) is 71.6 cm³/mol. The average molecular weight is 245 g/mol. The summed E-state index contributed by atoms with van der Waals surface area (Å²) in [4.78, 5) is 4.43. The molecule has 1 heterocycles. The first-order valence-corrected chi connectivity index (χ1v) is 5.89. The number of allylic oxidation sites excluding steroid dienone is 1. The standard InChI is InChI=1S/C14H16FN3/c1-3-9-18-12(4-2)17-13(14(18)16)10-7-5-6-8-11(10)15/h3,5-8H,1,4,9,16H2,2H3. The van der Waals surface area contributed by atoms with Gasteiger partial charge in [0, 0.05) is 18.5 Å². The largest absolute Gasteiger partial charge is 0.383 e. The highest BCUT2D eigenvalue weighted by atomic mass is 19.1. The molecule has 3 nitrogen and oxygen atoms in total. The van der Waals surface area contributed by atoms with Crippen LogP contribution in [0.3, 0.4) is 0 Å². The van der Waals surface area contributed by atoms with Crippen LogP contribution in [-0.2, 0) is 13.0 Å². The summed E-state index contributed by atoms with van der Waals surface area (Å²) in [5.41, 5.74) is 7.00. The van der Waals surface area contributed by atoms with Crippen LogP contribution in [0.4, 0.5) is 10.2 Å². The second kappa shape index (κ2) is 5.04. The average Bonchev–Trinajstić information content (AvgIpc) is 2.68.